The van der Waals surface area contributed by atoms with Crippen molar-refractivity contribution in [3.8, 4) is 0 Å². The van der Waals surface area contributed by atoms with Gasteiger partial charge in [-0.05, 0) is 31.6 Å². The van der Waals surface area contributed by atoms with Gasteiger partial charge in [-0.15, -0.1) is 0 Å². The normalized spacial score (nSPS) is 26.7. The van der Waals surface area contributed by atoms with Crippen molar-refractivity contribution >= 4 is 5.95 Å². The first-order valence-corrected chi connectivity index (χ1v) is 7.91. The number of nitrogens with one attached hydrogen (secondary N) is 1. The van der Waals surface area contributed by atoms with Crippen LogP contribution in [0.2, 0.25) is 0 Å². The molecule has 2 rings (SSSR count). The molecule has 1 aromatic rings. The molecular weight excluding hydrogens is 250 g/mol. The lowest BCUT2D eigenvalue weighted by atomic mass is 9.78. The minimum absolute atomic E-state index is 0.557. The molecule has 1 fully saturated rings. The van der Waals surface area contributed by atoms with Crippen molar-refractivity contribution in [2.45, 2.75) is 59.0 Å². The van der Waals surface area contributed by atoms with E-state index >= 15 is 0 Å². The molecule has 3 atom stereocenters. The Morgan fingerprint density at radius 2 is 2.20 bits per heavy atom. The molecule has 4 heteroatoms. The summed E-state index contributed by atoms with van der Waals surface area (Å²) in [5.41, 5.74) is 1.08. The summed E-state index contributed by atoms with van der Waals surface area (Å²) in [6.07, 6.45) is 7.11. The zero-order chi connectivity index (χ0) is 14.5. The van der Waals surface area contributed by atoms with Crippen LogP contribution in [0.5, 0.6) is 0 Å². The van der Waals surface area contributed by atoms with E-state index in [9.17, 15) is 0 Å². The highest BCUT2D eigenvalue weighted by atomic mass is 16.5. The second-order valence-electron chi connectivity index (χ2n) is 6.26. The summed E-state index contributed by atoms with van der Waals surface area (Å²) in [4.78, 5) is 4.65. The highest BCUT2D eigenvalue weighted by molar-refractivity contribution is 5.30. The summed E-state index contributed by atoms with van der Waals surface area (Å²) in [5.74, 6) is 2.55. The van der Waals surface area contributed by atoms with Crippen LogP contribution in [0.1, 0.15) is 45.2 Å². The van der Waals surface area contributed by atoms with Gasteiger partial charge in [0.25, 0.3) is 0 Å². The number of imidazole rings is 1. The molecule has 0 bridgehead atoms. The van der Waals surface area contributed by atoms with E-state index in [-0.39, 0.29) is 0 Å². The second-order valence-corrected chi connectivity index (χ2v) is 6.26. The van der Waals surface area contributed by atoms with Gasteiger partial charge in [0.2, 0.25) is 5.95 Å². The predicted octanol–water partition coefficient (Wildman–Crippen LogP) is 3.46. The van der Waals surface area contributed by atoms with Crippen molar-refractivity contribution in [3.05, 3.63) is 11.9 Å². The molecule has 20 heavy (non-hydrogen) atoms. The molecule has 1 N–H and O–H groups in total. The lowest BCUT2D eigenvalue weighted by molar-refractivity contribution is 0.190. The van der Waals surface area contributed by atoms with E-state index in [1.54, 1.807) is 7.11 Å². The highest BCUT2D eigenvalue weighted by Gasteiger charge is 2.27. The van der Waals surface area contributed by atoms with Crippen molar-refractivity contribution in [2.75, 3.05) is 19.0 Å². The lowest BCUT2D eigenvalue weighted by Gasteiger charge is -2.35. The van der Waals surface area contributed by atoms with E-state index in [2.05, 4.69) is 41.8 Å². The van der Waals surface area contributed by atoms with E-state index in [1.807, 2.05) is 0 Å². The van der Waals surface area contributed by atoms with Gasteiger partial charge in [-0.1, -0.05) is 26.7 Å². The maximum atomic E-state index is 5.14. The summed E-state index contributed by atoms with van der Waals surface area (Å²) in [5, 5.41) is 3.69. The Morgan fingerprint density at radius 3 is 2.95 bits per heavy atom. The van der Waals surface area contributed by atoms with Crippen molar-refractivity contribution < 1.29 is 4.74 Å². The molecule has 0 saturated heterocycles. The Balaban J connectivity index is 2.00. The zero-order valence-electron chi connectivity index (χ0n) is 13.4. The molecule has 1 aliphatic carbocycles. The van der Waals surface area contributed by atoms with E-state index < -0.39 is 0 Å². The largest absolute Gasteiger partial charge is 0.385 e. The Morgan fingerprint density at radius 1 is 1.40 bits per heavy atom. The monoisotopic (exact) mass is 279 g/mol. The number of ether oxygens (including phenoxy) is 1. The summed E-state index contributed by atoms with van der Waals surface area (Å²) < 4.78 is 7.37. The fraction of sp³-hybridized carbons (Fsp3) is 0.812. The third kappa shape index (κ3) is 3.75. The van der Waals surface area contributed by atoms with Crippen molar-refractivity contribution in [2.24, 2.45) is 11.8 Å². The van der Waals surface area contributed by atoms with Gasteiger partial charge in [0, 0.05) is 32.5 Å². The second kappa shape index (κ2) is 7.11. The lowest BCUT2D eigenvalue weighted by Crippen LogP contribution is -2.35. The first kappa shape index (κ1) is 15.4. The molecule has 1 saturated carbocycles. The van der Waals surface area contributed by atoms with Gasteiger partial charge in [0.05, 0.1) is 5.69 Å². The third-order valence-corrected chi connectivity index (χ3v) is 4.67. The molecular formula is C16H29N3O. The Labute approximate surface area is 122 Å². The molecule has 0 radical (unpaired) electrons. The molecule has 1 aliphatic rings. The van der Waals surface area contributed by atoms with Crippen LogP contribution in [0.25, 0.3) is 0 Å². The number of aromatic nitrogens is 2. The topological polar surface area (TPSA) is 39.1 Å². The Kier molecular flexibility index (Phi) is 5.46. The molecule has 0 aromatic carbocycles. The van der Waals surface area contributed by atoms with Crippen LogP contribution in [0.15, 0.2) is 6.20 Å². The number of aryl methyl sites for hydroxylation is 2. The van der Waals surface area contributed by atoms with Crippen LogP contribution in [-0.2, 0) is 11.3 Å². The van der Waals surface area contributed by atoms with Gasteiger partial charge >= 0.3 is 0 Å². The summed E-state index contributed by atoms with van der Waals surface area (Å²) in [7, 11) is 1.75. The molecule has 0 aliphatic heterocycles. The summed E-state index contributed by atoms with van der Waals surface area (Å²) >= 11 is 0. The molecule has 0 spiro atoms. The number of anilines is 1. The minimum atomic E-state index is 0.557. The van der Waals surface area contributed by atoms with E-state index in [0.29, 0.717) is 12.0 Å². The average molecular weight is 279 g/mol. The first-order valence-electron chi connectivity index (χ1n) is 7.91. The van der Waals surface area contributed by atoms with Gasteiger partial charge in [-0.3, -0.25) is 0 Å². The smallest absolute Gasteiger partial charge is 0.203 e. The summed E-state index contributed by atoms with van der Waals surface area (Å²) in [6, 6.07) is 0.557. The van der Waals surface area contributed by atoms with E-state index in [1.165, 1.54) is 19.3 Å². The van der Waals surface area contributed by atoms with E-state index in [0.717, 1.165) is 37.1 Å². The average Bonchev–Trinajstić information content (AvgIpc) is 2.76. The van der Waals surface area contributed by atoms with Crippen molar-refractivity contribution in [3.63, 3.8) is 0 Å². The van der Waals surface area contributed by atoms with Gasteiger partial charge in [-0.25, -0.2) is 4.98 Å². The van der Waals surface area contributed by atoms with Crippen molar-refractivity contribution in [1.29, 1.82) is 0 Å². The van der Waals surface area contributed by atoms with Gasteiger partial charge in [0.15, 0.2) is 0 Å². The van der Waals surface area contributed by atoms with Crippen LogP contribution in [0.3, 0.4) is 0 Å². The fourth-order valence-corrected chi connectivity index (χ4v) is 3.16. The number of rotatable bonds is 6. The quantitative estimate of drug-likeness (QED) is 0.810. The summed E-state index contributed by atoms with van der Waals surface area (Å²) in [6.45, 7) is 8.56. The Bertz CT molecular complexity index is 416. The van der Waals surface area contributed by atoms with Gasteiger partial charge in [-0.2, -0.15) is 0 Å². The van der Waals surface area contributed by atoms with Crippen LogP contribution in [-0.4, -0.2) is 29.3 Å². The number of nitrogens with zero attached hydrogens (tertiary/aromatic N) is 2. The standard InChI is InChI=1S/C16H29N3O/c1-12-7-5-8-15(14(12)3)18-16-17-13(2)11-19(16)9-6-10-20-4/h11-12,14-15H,5-10H2,1-4H3,(H,17,18). The van der Waals surface area contributed by atoms with Crippen molar-refractivity contribution in [1.82, 2.24) is 9.55 Å². The predicted molar refractivity (Wildman–Crippen MR) is 83.0 cm³/mol. The molecule has 1 aromatic heterocycles. The number of hydrogen-bond donors (Lipinski definition) is 1. The molecule has 1 heterocycles. The number of hydrogen-bond acceptors (Lipinski definition) is 3. The van der Waals surface area contributed by atoms with Crippen LogP contribution in [0, 0.1) is 18.8 Å². The fourth-order valence-electron chi connectivity index (χ4n) is 3.16. The molecule has 0 amide bonds. The zero-order valence-corrected chi connectivity index (χ0v) is 13.4. The maximum Gasteiger partial charge on any atom is 0.203 e. The van der Waals surface area contributed by atoms with Crippen LogP contribution in [0.4, 0.5) is 5.95 Å². The molecule has 114 valence electrons. The van der Waals surface area contributed by atoms with Crippen LogP contribution < -0.4 is 5.32 Å². The van der Waals surface area contributed by atoms with Crippen LogP contribution >= 0.6 is 0 Å². The first-order chi connectivity index (χ1) is 9.61. The highest BCUT2D eigenvalue weighted by Crippen LogP contribution is 2.31. The van der Waals surface area contributed by atoms with Gasteiger partial charge < -0.3 is 14.6 Å². The number of methoxy groups -OCH3 is 1. The minimum Gasteiger partial charge on any atom is -0.385 e. The van der Waals surface area contributed by atoms with E-state index in [4.69, 9.17) is 4.74 Å². The SMILES string of the molecule is COCCCn1cc(C)nc1NC1CCCC(C)C1C. The third-order valence-electron chi connectivity index (χ3n) is 4.67. The maximum absolute atomic E-state index is 5.14. The molecule has 3 unspecified atom stereocenters. The van der Waals surface area contributed by atoms with Gasteiger partial charge in [0.1, 0.15) is 0 Å². The Hall–Kier alpha value is -1.03. The molecule has 4 nitrogen and oxygen atoms in total.